The van der Waals surface area contributed by atoms with Gasteiger partial charge in [-0.15, -0.1) is 0 Å². The predicted molar refractivity (Wildman–Crippen MR) is 105 cm³/mol. The largest absolute Gasteiger partial charge is 0.351 e. The summed E-state index contributed by atoms with van der Waals surface area (Å²) < 4.78 is 6.08. The van der Waals surface area contributed by atoms with Crippen LogP contribution in [-0.4, -0.2) is 47.1 Å². The minimum absolute atomic E-state index is 0.207. The van der Waals surface area contributed by atoms with Gasteiger partial charge in [-0.3, -0.25) is 9.69 Å². The van der Waals surface area contributed by atoms with Crippen LogP contribution in [-0.2, 0) is 0 Å². The Kier molecular flexibility index (Phi) is 5.90. The smallest absolute Gasteiger partial charge is 0.298 e. The monoisotopic (exact) mass is 392 g/mol. The molecule has 0 aliphatic heterocycles. The zero-order valence-corrected chi connectivity index (χ0v) is 16.6. The SMILES string of the molecule is CCN(CC)CCN(C(=O)c1ccno1)c1nc2c(C)c(Cl)ccc2s1. The molecule has 0 unspecified atom stereocenters. The van der Waals surface area contributed by atoms with Crippen LogP contribution >= 0.6 is 22.9 Å². The van der Waals surface area contributed by atoms with Crippen molar-refractivity contribution < 1.29 is 9.32 Å². The molecular weight excluding hydrogens is 372 g/mol. The number of halogens is 1. The Morgan fingerprint density at radius 2 is 2.00 bits per heavy atom. The zero-order chi connectivity index (χ0) is 18.7. The highest BCUT2D eigenvalue weighted by Crippen LogP contribution is 2.34. The lowest BCUT2D eigenvalue weighted by molar-refractivity contribution is 0.0948. The summed E-state index contributed by atoms with van der Waals surface area (Å²) in [7, 11) is 0. The van der Waals surface area contributed by atoms with Gasteiger partial charge in [0.2, 0.25) is 5.76 Å². The normalized spacial score (nSPS) is 11.4. The molecule has 0 fully saturated rings. The van der Waals surface area contributed by atoms with Gasteiger partial charge < -0.3 is 9.42 Å². The first-order valence-electron chi connectivity index (χ1n) is 8.55. The Balaban J connectivity index is 1.96. The van der Waals surface area contributed by atoms with Crippen LogP contribution in [0.3, 0.4) is 0 Å². The van der Waals surface area contributed by atoms with Gasteiger partial charge in [0.25, 0.3) is 5.91 Å². The number of aryl methyl sites for hydroxylation is 1. The number of nitrogens with zero attached hydrogens (tertiary/aromatic N) is 4. The van der Waals surface area contributed by atoms with E-state index in [1.165, 1.54) is 17.5 Å². The third-order valence-electron chi connectivity index (χ3n) is 4.40. The fraction of sp³-hybridized carbons (Fsp3) is 0.389. The first kappa shape index (κ1) is 18.8. The second-order valence-corrected chi connectivity index (χ2v) is 7.29. The maximum Gasteiger partial charge on any atom is 0.298 e. The van der Waals surface area contributed by atoms with Gasteiger partial charge in [-0.25, -0.2) is 4.98 Å². The molecule has 0 saturated heterocycles. The fourth-order valence-corrected chi connectivity index (χ4v) is 3.93. The number of anilines is 1. The van der Waals surface area contributed by atoms with Crippen molar-refractivity contribution in [2.24, 2.45) is 0 Å². The maximum atomic E-state index is 12.9. The molecule has 8 heteroatoms. The van der Waals surface area contributed by atoms with E-state index < -0.39 is 0 Å². The number of hydrogen-bond acceptors (Lipinski definition) is 6. The lowest BCUT2D eigenvalue weighted by Gasteiger charge is -2.23. The van der Waals surface area contributed by atoms with E-state index in [4.69, 9.17) is 21.1 Å². The van der Waals surface area contributed by atoms with E-state index in [1.54, 1.807) is 11.0 Å². The minimum Gasteiger partial charge on any atom is -0.351 e. The van der Waals surface area contributed by atoms with E-state index in [2.05, 4.69) is 23.9 Å². The molecule has 6 nitrogen and oxygen atoms in total. The van der Waals surface area contributed by atoms with Crippen molar-refractivity contribution >= 4 is 44.2 Å². The number of benzene rings is 1. The summed E-state index contributed by atoms with van der Waals surface area (Å²) in [4.78, 5) is 21.6. The molecule has 3 aromatic rings. The van der Waals surface area contributed by atoms with E-state index in [0.717, 1.165) is 35.4 Å². The van der Waals surface area contributed by atoms with E-state index in [9.17, 15) is 4.79 Å². The van der Waals surface area contributed by atoms with E-state index >= 15 is 0 Å². The van der Waals surface area contributed by atoms with Crippen molar-refractivity contribution in [3.8, 4) is 0 Å². The van der Waals surface area contributed by atoms with Gasteiger partial charge in [-0.05, 0) is 37.7 Å². The van der Waals surface area contributed by atoms with Crippen molar-refractivity contribution in [1.82, 2.24) is 15.0 Å². The quantitative estimate of drug-likeness (QED) is 0.602. The molecule has 1 aromatic carbocycles. The second kappa shape index (κ2) is 8.16. The molecule has 26 heavy (non-hydrogen) atoms. The number of carbonyl (C=O) groups excluding carboxylic acids is 1. The van der Waals surface area contributed by atoms with Crippen molar-refractivity contribution in [3.05, 3.63) is 40.7 Å². The van der Waals surface area contributed by atoms with E-state index in [-0.39, 0.29) is 11.7 Å². The predicted octanol–water partition coefficient (Wildman–Crippen LogP) is 4.23. The Morgan fingerprint density at radius 1 is 1.23 bits per heavy atom. The topological polar surface area (TPSA) is 62.5 Å². The molecule has 1 amide bonds. The molecule has 0 aliphatic rings. The summed E-state index contributed by atoms with van der Waals surface area (Å²) in [6.07, 6.45) is 1.47. The van der Waals surface area contributed by atoms with Gasteiger partial charge in [0.05, 0.1) is 16.4 Å². The van der Waals surface area contributed by atoms with Crippen molar-refractivity contribution in [3.63, 3.8) is 0 Å². The highest BCUT2D eigenvalue weighted by atomic mass is 35.5. The van der Waals surface area contributed by atoms with Crippen molar-refractivity contribution in [1.29, 1.82) is 0 Å². The summed E-state index contributed by atoms with van der Waals surface area (Å²) in [5.74, 6) is -0.0315. The summed E-state index contributed by atoms with van der Waals surface area (Å²) in [6.45, 7) is 9.28. The van der Waals surface area contributed by atoms with Gasteiger partial charge in [0, 0.05) is 24.2 Å². The molecule has 3 rings (SSSR count). The second-order valence-electron chi connectivity index (χ2n) is 5.88. The van der Waals surface area contributed by atoms with Gasteiger partial charge in [-0.1, -0.05) is 41.9 Å². The molecule has 0 saturated carbocycles. The number of likely N-dealkylation sites (N-methyl/N-ethyl adjacent to an activating group) is 1. The Morgan fingerprint density at radius 3 is 2.65 bits per heavy atom. The van der Waals surface area contributed by atoms with Gasteiger partial charge in [0.15, 0.2) is 5.13 Å². The molecule has 0 N–H and O–H groups in total. The summed E-state index contributed by atoms with van der Waals surface area (Å²) in [6, 6.07) is 5.37. The summed E-state index contributed by atoms with van der Waals surface area (Å²) in [5, 5.41) is 4.96. The highest BCUT2D eigenvalue weighted by Gasteiger charge is 2.24. The zero-order valence-electron chi connectivity index (χ0n) is 15.0. The van der Waals surface area contributed by atoms with E-state index in [1.807, 2.05) is 19.1 Å². The molecule has 2 heterocycles. The van der Waals surface area contributed by atoms with Gasteiger partial charge >= 0.3 is 0 Å². The standard InChI is InChI=1S/C18H21ClN4O2S/c1-4-22(5-2)10-11-23(17(24)14-8-9-20-25-14)18-21-16-12(3)13(19)6-7-15(16)26-18/h6-9H,4-5,10-11H2,1-3H3. The number of fused-ring (bicyclic) bond motifs is 1. The summed E-state index contributed by atoms with van der Waals surface area (Å²) >= 11 is 7.69. The fourth-order valence-electron chi connectivity index (χ4n) is 2.73. The van der Waals surface area contributed by atoms with Crippen LogP contribution in [0.1, 0.15) is 30.0 Å². The number of carbonyl (C=O) groups is 1. The molecule has 0 radical (unpaired) electrons. The first-order valence-corrected chi connectivity index (χ1v) is 9.75. The number of thiazole rings is 1. The molecule has 2 aromatic heterocycles. The molecular formula is C18H21ClN4O2S. The van der Waals surface area contributed by atoms with Crippen LogP contribution in [0.4, 0.5) is 5.13 Å². The lowest BCUT2D eigenvalue weighted by atomic mass is 10.2. The number of aromatic nitrogens is 2. The van der Waals surface area contributed by atoms with E-state index in [0.29, 0.717) is 16.7 Å². The minimum atomic E-state index is -0.238. The van der Waals surface area contributed by atoms with Crippen molar-refractivity contribution in [2.75, 3.05) is 31.1 Å². The number of rotatable bonds is 7. The highest BCUT2D eigenvalue weighted by molar-refractivity contribution is 7.22. The van der Waals surface area contributed by atoms with Gasteiger partial charge in [0.1, 0.15) is 0 Å². The van der Waals surface area contributed by atoms with Crippen molar-refractivity contribution in [2.45, 2.75) is 20.8 Å². The first-order chi connectivity index (χ1) is 12.5. The van der Waals surface area contributed by atoms with Crippen LogP contribution in [0.2, 0.25) is 5.02 Å². The molecule has 0 spiro atoms. The Labute approximate surface area is 161 Å². The van der Waals surface area contributed by atoms with Crippen LogP contribution in [0.15, 0.2) is 28.9 Å². The third-order valence-corrected chi connectivity index (χ3v) is 5.85. The Hall–Kier alpha value is -1.96. The molecule has 0 bridgehead atoms. The van der Waals surface area contributed by atoms with Crippen LogP contribution in [0.5, 0.6) is 0 Å². The lowest BCUT2D eigenvalue weighted by Crippen LogP contribution is -2.38. The average molecular weight is 393 g/mol. The molecule has 0 aliphatic carbocycles. The van der Waals surface area contributed by atoms with Crippen LogP contribution in [0.25, 0.3) is 10.2 Å². The summed E-state index contributed by atoms with van der Waals surface area (Å²) in [5.41, 5.74) is 1.75. The van der Waals surface area contributed by atoms with Gasteiger partial charge in [-0.2, -0.15) is 0 Å². The third kappa shape index (κ3) is 3.75. The van der Waals surface area contributed by atoms with Crippen LogP contribution < -0.4 is 4.90 Å². The Bertz CT molecular complexity index is 890. The number of hydrogen-bond donors (Lipinski definition) is 0. The van der Waals surface area contributed by atoms with Crippen LogP contribution in [0, 0.1) is 6.92 Å². The molecule has 0 atom stereocenters. The molecule has 138 valence electrons. The number of amides is 1. The average Bonchev–Trinajstić information content (AvgIpc) is 3.31. The maximum absolute atomic E-state index is 12.9.